The van der Waals surface area contributed by atoms with Crippen LogP contribution in [0.2, 0.25) is 0 Å². The highest BCUT2D eigenvalue weighted by molar-refractivity contribution is 6.06. The number of benzene rings is 6. The Balaban J connectivity index is 1.27. The molecule has 0 radical (unpaired) electrons. The lowest BCUT2D eigenvalue weighted by Gasteiger charge is -2.34. The molecule has 0 amide bonds. The Bertz CT molecular complexity index is 1960. The van der Waals surface area contributed by atoms with Gasteiger partial charge in [0.25, 0.3) is 0 Å². The Labute approximate surface area is 291 Å². The van der Waals surface area contributed by atoms with Crippen LogP contribution in [0.25, 0.3) is 0 Å². The van der Waals surface area contributed by atoms with E-state index in [4.69, 9.17) is 9.97 Å². The van der Waals surface area contributed by atoms with Crippen LogP contribution in [0, 0.1) is 0 Å². The molecule has 0 spiro atoms. The molecule has 0 bridgehead atoms. The molecule has 8 aromatic rings. The normalized spacial score (nSPS) is 11.7. The molecule has 50 heavy (non-hydrogen) atoms. The number of nitrogens with one attached hydrogen (secondary N) is 2. The van der Waals surface area contributed by atoms with Crippen LogP contribution in [0.4, 0.5) is 0 Å². The second-order valence-corrected chi connectivity index (χ2v) is 12.3. The third kappa shape index (κ3) is 5.08. The molecular formula is C45H34N4O. The van der Waals surface area contributed by atoms with Crippen molar-refractivity contribution in [2.45, 2.75) is 10.8 Å². The van der Waals surface area contributed by atoms with Crippen molar-refractivity contribution in [2.75, 3.05) is 0 Å². The maximum atomic E-state index is 14.4. The molecule has 0 atom stereocenters. The fraction of sp³-hybridized carbons (Fsp3) is 0.0444. The van der Waals surface area contributed by atoms with Crippen molar-refractivity contribution in [3.63, 3.8) is 0 Å². The molecule has 0 unspecified atom stereocenters. The minimum Gasteiger partial charge on any atom is -0.338 e. The first-order valence-electron chi connectivity index (χ1n) is 16.7. The fourth-order valence-electron chi connectivity index (χ4n) is 7.35. The quantitative estimate of drug-likeness (QED) is 0.115. The molecule has 2 N–H and O–H groups in total. The van der Waals surface area contributed by atoms with Gasteiger partial charge in [-0.25, -0.2) is 9.97 Å². The lowest BCUT2D eigenvalue weighted by atomic mass is 9.69. The predicted octanol–water partition coefficient (Wildman–Crippen LogP) is 9.13. The lowest BCUT2D eigenvalue weighted by molar-refractivity contribution is 0.103. The SMILES string of the molecule is O=C(c1cnc(C(c2ccccc2)(c2ccccc2)c2ccccc2)[nH]1)c1cnc(C(c2ccccc2)(c2ccccc2)c2ccccc2)[nH]1. The summed E-state index contributed by atoms with van der Waals surface area (Å²) in [7, 11) is 0. The van der Waals surface area contributed by atoms with Crippen molar-refractivity contribution in [1.29, 1.82) is 0 Å². The number of H-pyrrole nitrogens is 2. The second-order valence-electron chi connectivity index (χ2n) is 12.3. The molecule has 240 valence electrons. The van der Waals surface area contributed by atoms with E-state index in [0.29, 0.717) is 23.0 Å². The molecule has 0 aliphatic carbocycles. The predicted molar refractivity (Wildman–Crippen MR) is 197 cm³/mol. The summed E-state index contributed by atoms with van der Waals surface area (Å²) in [6.07, 6.45) is 3.28. The maximum Gasteiger partial charge on any atom is 0.228 e. The molecular weight excluding hydrogens is 613 g/mol. The number of ketones is 1. The van der Waals surface area contributed by atoms with E-state index < -0.39 is 10.8 Å². The van der Waals surface area contributed by atoms with Crippen molar-refractivity contribution in [3.8, 4) is 0 Å². The van der Waals surface area contributed by atoms with E-state index >= 15 is 0 Å². The highest BCUT2D eigenvalue weighted by Gasteiger charge is 2.43. The Morgan fingerprint density at radius 3 is 0.800 bits per heavy atom. The Morgan fingerprint density at radius 1 is 0.360 bits per heavy atom. The molecule has 2 aromatic heterocycles. The molecule has 0 saturated heterocycles. The van der Waals surface area contributed by atoms with Gasteiger partial charge in [0, 0.05) is 0 Å². The van der Waals surface area contributed by atoms with Crippen LogP contribution in [0.15, 0.2) is 194 Å². The molecule has 5 heteroatoms. The van der Waals surface area contributed by atoms with E-state index in [1.807, 2.05) is 109 Å². The summed E-state index contributed by atoms with van der Waals surface area (Å²) in [6.45, 7) is 0. The lowest BCUT2D eigenvalue weighted by Crippen LogP contribution is -2.32. The van der Waals surface area contributed by atoms with Crippen LogP contribution in [-0.4, -0.2) is 25.7 Å². The van der Waals surface area contributed by atoms with Crippen molar-refractivity contribution in [2.24, 2.45) is 0 Å². The van der Waals surface area contributed by atoms with Gasteiger partial charge in [-0.3, -0.25) is 4.79 Å². The van der Waals surface area contributed by atoms with Gasteiger partial charge < -0.3 is 9.97 Å². The maximum absolute atomic E-state index is 14.4. The average molecular weight is 647 g/mol. The molecule has 5 nitrogen and oxygen atoms in total. The third-order valence-electron chi connectivity index (χ3n) is 9.59. The molecule has 0 aliphatic heterocycles. The van der Waals surface area contributed by atoms with E-state index in [0.717, 1.165) is 33.4 Å². The number of rotatable bonds is 10. The summed E-state index contributed by atoms with van der Waals surface area (Å²) in [5.74, 6) is 1.07. The zero-order valence-electron chi connectivity index (χ0n) is 27.3. The van der Waals surface area contributed by atoms with Gasteiger partial charge in [0.15, 0.2) is 0 Å². The number of aromatic amines is 2. The summed E-state index contributed by atoms with van der Waals surface area (Å²) in [6, 6.07) is 61.9. The zero-order chi connectivity index (χ0) is 33.8. The van der Waals surface area contributed by atoms with Crippen LogP contribution in [0.1, 0.15) is 61.2 Å². The van der Waals surface area contributed by atoms with Crippen molar-refractivity contribution >= 4 is 5.78 Å². The monoisotopic (exact) mass is 646 g/mol. The minimum absolute atomic E-state index is 0.228. The highest BCUT2D eigenvalue weighted by Crippen LogP contribution is 2.45. The third-order valence-corrected chi connectivity index (χ3v) is 9.59. The van der Waals surface area contributed by atoms with Crippen LogP contribution in [0.5, 0.6) is 0 Å². The van der Waals surface area contributed by atoms with Crippen molar-refractivity contribution < 1.29 is 4.79 Å². The number of hydrogen-bond acceptors (Lipinski definition) is 3. The van der Waals surface area contributed by atoms with Gasteiger partial charge in [-0.15, -0.1) is 0 Å². The largest absolute Gasteiger partial charge is 0.338 e. The van der Waals surface area contributed by atoms with Gasteiger partial charge in [0.05, 0.1) is 12.4 Å². The Morgan fingerprint density at radius 2 is 0.580 bits per heavy atom. The van der Waals surface area contributed by atoms with E-state index in [2.05, 4.69) is 82.8 Å². The standard InChI is InChI=1S/C45H34N4O/c50-41(39-31-46-42(48-39)44(33-19-7-1-8-20-33,34-21-9-2-10-22-34)35-23-11-3-12-24-35)40-32-47-43(49-40)45(36-25-13-4-14-26-36,37-27-15-5-16-28-37)38-29-17-6-18-30-38/h1-32H,(H,46,48)(H,47,49). The van der Waals surface area contributed by atoms with Crippen molar-refractivity contribution in [1.82, 2.24) is 19.9 Å². The minimum atomic E-state index is -0.801. The van der Waals surface area contributed by atoms with E-state index in [-0.39, 0.29) is 5.78 Å². The topological polar surface area (TPSA) is 74.4 Å². The summed E-state index contributed by atoms with van der Waals surface area (Å²) >= 11 is 0. The smallest absolute Gasteiger partial charge is 0.228 e. The van der Waals surface area contributed by atoms with Crippen LogP contribution in [0.3, 0.4) is 0 Å². The molecule has 0 aliphatic rings. The first-order valence-corrected chi connectivity index (χ1v) is 16.7. The summed E-state index contributed by atoms with van der Waals surface area (Å²) in [4.78, 5) is 31.3. The summed E-state index contributed by atoms with van der Waals surface area (Å²) in [5, 5.41) is 0. The summed E-state index contributed by atoms with van der Waals surface area (Å²) < 4.78 is 0. The van der Waals surface area contributed by atoms with Gasteiger partial charge in [-0.2, -0.15) is 0 Å². The number of carbonyl (C=O) groups excluding carboxylic acids is 1. The Kier molecular flexibility index (Phi) is 8.07. The van der Waals surface area contributed by atoms with E-state index in [1.165, 1.54) is 0 Å². The van der Waals surface area contributed by atoms with E-state index in [1.54, 1.807) is 12.4 Å². The molecule has 2 heterocycles. The second kappa shape index (κ2) is 13.1. The number of nitrogens with zero attached hydrogens (tertiary/aromatic N) is 2. The van der Waals surface area contributed by atoms with Crippen LogP contribution >= 0.6 is 0 Å². The van der Waals surface area contributed by atoms with Gasteiger partial charge in [-0.05, 0) is 33.4 Å². The molecule has 0 fully saturated rings. The fourth-order valence-corrected chi connectivity index (χ4v) is 7.35. The van der Waals surface area contributed by atoms with Gasteiger partial charge >= 0.3 is 0 Å². The van der Waals surface area contributed by atoms with E-state index in [9.17, 15) is 4.79 Å². The first kappa shape index (κ1) is 30.7. The number of imidazole rings is 2. The van der Waals surface area contributed by atoms with Crippen molar-refractivity contribution in [3.05, 3.63) is 251 Å². The van der Waals surface area contributed by atoms with Crippen LogP contribution < -0.4 is 0 Å². The Hall–Kier alpha value is -6.59. The zero-order valence-corrected chi connectivity index (χ0v) is 27.3. The van der Waals surface area contributed by atoms with Gasteiger partial charge in [0.1, 0.15) is 33.9 Å². The highest BCUT2D eigenvalue weighted by atomic mass is 16.1. The first-order chi connectivity index (χ1) is 24.7. The number of aromatic nitrogens is 4. The molecule has 6 aromatic carbocycles. The van der Waals surface area contributed by atoms with Crippen LogP contribution in [-0.2, 0) is 10.8 Å². The molecule has 8 rings (SSSR count). The number of hydrogen-bond donors (Lipinski definition) is 2. The average Bonchev–Trinajstić information content (AvgIpc) is 3.90. The summed E-state index contributed by atoms with van der Waals surface area (Å²) in [5.41, 5.74) is 5.34. The van der Waals surface area contributed by atoms with Gasteiger partial charge in [0.2, 0.25) is 5.78 Å². The van der Waals surface area contributed by atoms with Gasteiger partial charge in [-0.1, -0.05) is 182 Å². The number of carbonyl (C=O) groups is 1. The molecule has 0 saturated carbocycles.